The average Bonchev–Trinajstić information content (AvgIpc) is 2.78. The molecule has 1 unspecified atom stereocenters. The quantitative estimate of drug-likeness (QED) is 0.801. The van der Waals surface area contributed by atoms with Crippen LogP contribution in [0.5, 0.6) is 0 Å². The minimum Gasteiger partial charge on any atom is -0.466 e. The van der Waals surface area contributed by atoms with Crippen LogP contribution in [0.15, 0.2) is 35.9 Å². The number of halogens is 1. The first-order valence-electron chi connectivity index (χ1n) is 4.99. The number of carbonyl (C=O) groups is 1. The van der Waals surface area contributed by atoms with E-state index in [9.17, 15) is 4.79 Å². The van der Waals surface area contributed by atoms with Crippen molar-refractivity contribution >= 4 is 17.6 Å². The highest BCUT2D eigenvalue weighted by Gasteiger charge is 2.26. The molecule has 1 aliphatic heterocycles. The minimum absolute atomic E-state index is 0.0929. The van der Waals surface area contributed by atoms with Crippen LogP contribution in [0.25, 0.3) is 0 Å². The molecule has 16 heavy (non-hydrogen) atoms. The molecule has 1 aromatic carbocycles. The summed E-state index contributed by atoms with van der Waals surface area (Å²) in [5.41, 5.74) is 1.67. The summed E-state index contributed by atoms with van der Waals surface area (Å²) in [7, 11) is 1.39. The first-order valence-corrected chi connectivity index (χ1v) is 5.37. The second kappa shape index (κ2) is 4.68. The molecular formula is C12H12ClNO2. The summed E-state index contributed by atoms with van der Waals surface area (Å²) >= 11 is 5.82. The van der Waals surface area contributed by atoms with Crippen molar-refractivity contribution in [2.45, 2.75) is 6.04 Å². The Labute approximate surface area is 99.1 Å². The zero-order chi connectivity index (χ0) is 11.5. The molecule has 3 nitrogen and oxygen atoms in total. The van der Waals surface area contributed by atoms with Gasteiger partial charge in [-0.3, -0.25) is 0 Å². The van der Waals surface area contributed by atoms with Gasteiger partial charge in [-0.1, -0.05) is 29.8 Å². The lowest BCUT2D eigenvalue weighted by atomic mass is 10.0. The van der Waals surface area contributed by atoms with Crippen molar-refractivity contribution in [3.05, 3.63) is 46.5 Å². The van der Waals surface area contributed by atoms with Crippen molar-refractivity contribution in [1.82, 2.24) is 5.32 Å². The van der Waals surface area contributed by atoms with Crippen molar-refractivity contribution in [2.24, 2.45) is 0 Å². The molecule has 1 aromatic rings. The molecule has 0 spiro atoms. The Bertz CT molecular complexity index is 425. The fourth-order valence-electron chi connectivity index (χ4n) is 1.79. The van der Waals surface area contributed by atoms with Crippen LogP contribution in [0.3, 0.4) is 0 Å². The van der Waals surface area contributed by atoms with E-state index in [0.717, 1.165) is 5.56 Å². The fraction of sp³-hybridized carbons (Fsp3) is 0.250. The van der Waals surface area contributed by atoms with E-state index in [1.54, 1.807) is 0 Å². The Balaban J connectivity index is 2.25. The molecular weight excluding hydrogens is 226 g/mol. The van der Waals surface area contributed by atoms with Gasteiger partial charge in [-0.05, 0) is 17.7 Å². The largest absolute Gasteiger partial charge is 0.466 e. The Kier molecular flexibility index (Phi) is 3.27. The second-order valence-corrected chi connectivity index (χ2v) is 3.98. The maximum Gasteiger partial charge on any atom is 0.335 e. The van der Waals surface area contributed by atoms with Gasteiger partial charge in [0.1, 0.15) is 0 Å². The van der Waals surface area contributed by atoms with Crippen LogP contribution in [-0.4, -0.2) is 19.6 Å². The summed E-state index contributed by atoms with van der Waals surface area (Å²) in [4.78, 5) is 11.5. The second-order valence-electron chi connectivity index (χ2n) is 3.54. The summed E-state index contributed by atoms with van der Waals surface area (Å²) in [5, 5.41) is 3.91. The fourth-order valence-corrected chi connectivity index (χ4v) is 1.91. The van der Waals surface area contributed by atoms with Crippen LogP contribution in [-0.2, 0) is 9.53 Å². The zero-order valence-corrected chi connectivity index (χ0v) is 9.62. The molecule has 4 heteroatoms. The third-order valence-electron chi connectivity index (χ3n) is 2.58. The molecule has 0 bridgehead atoms. The van der Waals surface area contributed by atoms with Gasteiger partial charge in [0.05, 0.1) is 18.7 Å². The lowest BCUT2D eigenvalue weighted by molar-refractivity contribution is -0.136. The third-order valence-corrected chi connectivity index (χ3v) is 2.83. The minimum atomic E-state index is -0.287. The average molecular weight is 238 g/mol. The summed E-state index contributed by atoms with van der Waals surface area (Å²) in [6.45, 7) is 0.678. The monoisotopic (exact) mass is 237 g/mol. The standard InChI is InChI=1S/C12H12ClNO2/c1-16-12(15)10-6-7-14-11(10)8-2-4-9(13)5-3-8/h2-6,11,14H,7H2,1H3. The molecule has 0 aliphatic carbocycles. The maximum atomic E-state index is 11.5. The molecule has 0 saturated heterocycles. The number of nitrogens with one attached hydrogen (secondary N) is 1. The van der Waals surface area contributed by atoms with E-state index in [-0.39, 0.29) is 12.0 Å². The number of hydrogen-bond donors (Lipinski definition) is 1. The van der Waals surface area contributed by atoms with Crippen molar-refractivity contribution in [2.75, 3.05) is 13.7 Å². The number of carbonyl (C=O) groups excluding carboxylic acids is 1. The summed E-state index contributed by atoms with van der Waals surface area (Å²) < 4.78 is 4.74. The van der Waals surface area contributed by atoms with Crippen molar-refractivity contribution < 1.29 is 9.53 Å². The molecule has 84 valence electrons. The predicted molar refractivity (Wildman–Crippen MR) is 62.3 cm³/mol. The highest BCUT2D eigenvalue weighted by Crippen LogP contribution is 2.27. The van der Waals surface area contributed by atoms with Gasteiger partial charge in [0, 0.05) is 11.6 Å². The molecule has 0 saturated carbocycles. The highest BCUT2D eigenvalue weighted by molar-refractivity contribution is 6.30. The SMILES string of the molecule is COC(=O)C1=CCNC1c1ccc(Cl)cc1. The van der Waals surface area contributed by atoms with E-state index in [1.807, 2.05) is 30.3 Å². The zero-order valence-electron chi connectivity index (χ0n) is 8.87. The Morgan fingerprint density at radius 2 is 2.12 bits per heavy atom. The van der Waals surface area contributed by atoms with E-state index in [1.165, 1.54) is 7.11 Å². The third kappa shape index (κ3) is 2.10. The lowest BCUT2D eigenvalue weighted by Gasteiger charge is -2.14. The van der Waals surface area contributed by atoms with E-state index in [4.69, 9.17) is 16.3 Å². The van der Waals surface area contributed by atoms with Crippen LogP contribution in [0, 0.1) is 0 Å². The van der Waals surface area contributed by atoms with Gasteiger partial charge >= 0.3 is 5.97 Å². The molecule has 0 amide bonds. The predicted octanol–water partition coefficient (Wildman–Crippen LogP) is 2.08. The van der Waals surface area contributed by atoms with E-state index >= 15 is 0 Å². The molecule has 0 fully saturated rings. The van der Waals surface area contributed by atoms with Gasteiger partial charge in [-0.15, -0.1) is 0 Å². The Morgan fingerprint density at radius 3 is 2.75 bits per heavy atom. The number of hydrogen-bond acceptors (Lipinski definition) is 3. The molecule has 1 atom stereocenters. The van der Waals surface area contributed by atoms with Gasteiger partial charge in [0.15, 0.2) is 0 Å². The Morgan fingerprint density at radius 1 is 1.44 bits per heavy atom. The van der Waals surface area contributed by atoms with Gasteiger partial charge in [0.25, 0.3) is 0 Å². The van der Waals surface area contributed by atoms with E-state index in [2.05, 4.69) is 5.32 Å². The van der Waals surface area contributed by atoms with Crippen molar-refractivity contribution in [1.29, 1.82) is 0 Å². The topological polar surface area (TPSA) is 38.3 Å². The lowest BCUT2D eigenvalue weighted by Crippen LogP contribution is -2.20. The number of ether oxygens (including phenoxy) is 1. The van der Waals surface area contributed by atoms with Crippen molar-refractivity contribution in [3.8, 4) is 0 Å². The molecule has 0 aromatic heterocycles. The maximum absolute atomic E-state index is 11.5. The highest BCUT2D eigenvalue weighted by atomic mass is 35.5. The molecule has 1 heterocycles. The van der Waals surface area contributed by atoms with Crippen LogP contribution < -0.4 is 5.32 Å². The number of benzene rings is 1. The van der Waals surface area contributed by atoms with E-state index < -0.39 is 0 Å². The van der Waals surface area contributed by atoms with Crippen LogP contribution in [0.2, 0.25) is 5.02 Å². The first kappa shape index (κ1) is 11.2. The van der Waals surface area contributed by atoms with Crippen LogP contribution in [0.1, 0.15) is 11.6 Å². The number of esters is 1. The number of methoxy groups -OCH3 is 1. The van der Waals surface area contributed by atoms with Gasteiger partial charge < -0.3 is 10.1 Å². The summed E-state index contributed by atoms with van der Waals surface area (Å²) in [5.74, 6) is -0.287. The summed E-state index contributed by atoms with van der Waals surface area (Å²) in [6.07, 6.45) is 1.85. The molecule has 2 rings (SSSR count). The van der Waals surface area contributed by atoms with Crippen molar-refractivity contribution in [3.63, 3.8) is 0 Å². The van der Waals surface area contributed by atoms with Gasteiger partial charge in [0.2, 0.25) is 0 Å². The van der Waals surface area contributed by atoms with Crippen LogP contribution in [0.4, 0.5) is 0 Å². The van der Waals surface area contributed by atoms with Gasteiger partial charge in [-0.25, -0.2) is 4.79 Å². The Hall–Kier alpha value is -1.32. The van der Waals surface area contributed by atoms with E-state index in [0.29, 0.717) is 17.1 Å². The normalized spacial score (nSPS) is 19.4. The summed E-state index contributed by atoms with van der Waals surface area (Å²) in [6, 6.07) is 7.34. The first-order chi connectivity index (χ1) is 7.72. The smallest absolute Gasteiger partial charge is 0.335 e. The van der Waals surface area contributed by atoms with Gasteiger partial charge in [-0.2, -0.15) is 0 Å². The van der Waals surface area contributed by atoms with Crippen LogP contribution >= 0.6 is 11.6 Å². The molecule has 1 aliphatic rings. The number of rotatable bonds is 2. The molecule has 1 N–H and O–H groups in total. The molecule has 0 radical (unpaired) electrons.